The molecule has 2 rings (SSSR count). The molecule has 3 N–H and O–H groups in total. The summed E-state index contributed by atoms with van der Waals surface area (Å²) in [5.74, 6) is 0.488. The van der Waals surface area contributed by atoms with Crippen molar-refractivity contribution in [3.05, 3.63) is 42.2 Å². The first-order valence-corrected chi connectivity index (χ1v) is 5.20. The first-order chi connectivity index (χ1) is 8.29. The summed E-state index contributed by atoms with van der Waals surface area (Å²) >= 11 is 0. The van der Waals surface area contributed by atoms with Gasteiger partial charge in [-0.25, -0.2) is 4.98 Å². The molecule has 6 nitrogen and oxygen atoms in total. The number of H-pyrrole nitrogens is 1. The quantitative estimate of drug-likeness (QED) is 0.726. The van der Waals surface area contributed by atoms with Gasteiger partial charge >= 0.3 is 0 Å². The summed E-state index contributed by atoms with van der Waals surface area (Å²) in [5, 5.41) is 5.68. The first-order valence-electron chi connectivity index (χ1n) is 5.20. The molecule has 0 aliphatic rings. The van der Waals surface area contributed by atoms with E-state index in [1.54, 1.807) is 37.8 Å². The fourth-order valence-electron chi connectivity index (χ4n) is 1.36. The molecular weight excluding hydrogens is 218 g/mol. The predicted molar refractivity (Wildman–Crippen MR) is 63.5 cm³/mol. The number of rotatable bonds is 4. The van der Waals surface area contributed by atoms with E-state index >= 15 is 0 Å². The lowest BCUT2D eigenvalue weighted by Gasteiger charge is -2.04. The Labute approximate surface area is 98.5 Å². The van der Waals surface area contributed by atoms with Crippen LogP contribution in [0.2, 0.25) is 0 Å². The molecule has 0 atom stereocenters. The average Bonchev–Trinajstić information content (AvgIpc) is 2.89. The zero-order valence-corrected chi connectivity index (χ0v) is 9.40. The zero-order chi connectivity index (χ0) is 12.1. The van der Waals surface area contributed by atoms with Gasteiger partial charge in [-0.2, -0.15) is 0 Å². The van der Waals surface area contributed by atoms with Crippen LogP contribution in [-0.4, -0.2) is 27.9 Å². The number of carbonyl (C=O) groups excluding carboxylic acids is 1. The van der Waals surface area contributed by atoms with Crippen LogP contribution in [0, 0.1) is 0 Å². The van der Waals surface area contributed by atoms with Gasteiger partial charge in [0.1, 0.15) is 11.5 Å². The number of hydrogen-bond acceptors (Lipinski definition) is 4. The van der Waals surface area contributed by atoms with E-state index in [1.807, 2.05) is 0 Å². The van der Waals surface area contributed by atoms with Crippen molar-refractivity contribution < 1.29 is 4.79 Å². The highest BCUT2D eigenvalue weighted by Crippen LogP contribution is 2.06. The van der Waals surface area contributed by atoms with Gasteiger partial charge in [0.2, 0.25) is 0 Å². The van der Waals surface area contributed by atoms with Crippen molar-refractivity contribution in [2.45, 2.75) is 6.54 Å². The summed E-state index contributed by atoms with van der Waals surface area (Å²) in [6.45, 7) is 0.358. The van der Waals surface area contributed by atoms with Crippen LogP contribution in [0.1, 0.15) is 16.3 Å². The van der Waals surface area contributed by atoms with E-state index in [0.29, 0.717) is 18.1 Å². The van der Waals surface area contributed by atoms with E-state index in [-0.39, 0.29) is 5.91 Å². The lowest BCUT2D eigenvalue weighted by molar-refractivity contribution is 0.0945. The van der Waals surface area contributed by atoms with Crippen LogP contribution in [0.4, 0.5) is 5.69 Å². The van der Waals surface area contributed by atoms with Crippen LogP contribution in [0.25, 0.3) is 0 Å². The third kappa shape index (κ3) is 2.81. The average molecular weight is 231 g/mol. The molecule has 0 aliphatic heterocycles. The molecule has 88 valence electrons. The Bertz CT molecular complexity index is 494. The standard InChI is InChI=1S/C11H13N5O/c1-12-8-2-3-13-9(6-8)11(17)16-7-10-14-4-5-15-10/h2-6H,7H2,1H3,(H,12,13)(H,14,15)(H,16,17). The van der Waals surface area contributed by atoms with Crippen molar-refractivity contribution >= 4 is 11.6 Å². The van der Waals surface area contributed by atoms with E-state index in [2.05, 4.69) is 25.6 Å². The van der Waals surface area contributed by atoms with Gasteiger partial charge in [0.25, 0.3) is 5.91 Å². The van der Waals surface area contributed by atoms with Crippen molar-refractivity contribution in [1.82, 2.24) is 20.3 Å². The molecule has 6 heteroatoms. The van der Waals surface area contributed by atoms with Gasteiger partial charge in [-0.15, -0.1) is 0 Å². The Morgan fingerprint density at radius 2 is 2.29 bits per heavy atom. The van der Waals surface area contributed by atoms with Crippen LogP contribution >= 0.6 is 0 Å². The molecular formula is C11H13N5O. The highest BCUT2D eigenvalue weighted by atomic mass is 16.1. The smallest absolute Gasteiger partial charge is 0.270 e. The molecule has 0 aliphatic carbocycles. The van der Waals surface area contributed by atoms with Crippen molar-refractivity contribution in [3.63, 3.8) is 0 Å². The predicted octanol–water partition coefficient (Wildman–Crippen LogP) is 0.776. The lowest BCUT2D eigenvalue weighted by atomic mass is 10.3. The maximum absolute atomic E-state index is 11.8. The number of aromatic nitrogens is 3. The molecule has 0 unspecified atom stereocenters. The SMILES string of the molecule is CNc1ccnc(C(=O)NCc2ncc[nH]2)c1. The Kier molecular flexibility index (Phi) is 3.34. The van der Waals surface area contributed by atoms with Gasteiger partial charge in [0.15, 0.2) is 0 Å². The molecule has 0 saturated carbocycles. The Morgan fingerprint density at radius 3 is 3.00 bits per heavy atom. The fraction of sp³-hybridized carbons (Fsp3) is 0.182. The summed E-state index contributed by atoms with van der Waals surface area (Å²) in [4.78, 5) is 22.7. The maximum Gasteiger partial charge on any atom is 0.270 e. The number of nitrogens with one attached hydrogen (secondary N) is 3. The minimum Gasteiger partial charge on any atom is -0.388 e. The normalized spacial score (nSPS) is 9.94. The number of aromatic amines is 1. The second kappa shape index (κ2) is 5.11. The first kappa shape index (κ1) is 11.1. The molecule has 0 bridgehead atoms. The Hall–Kier alpha value is -2.37. The third-order valence-corrected chi connectivity index (χ3v) is 2.25. The molecule has 2 aromatic heterocycles. The van der Waals surface area contributed by atoms with Crippen molar-refractivity contribution in [2.24, 2.45) is 0 Å². The van der Waals surface area contributed by atoms with E-state index in [4.69, 9.17) is 0 Å². The summed E-state index contributed by atoms with van der Waals surface area (Å²) in [7, 11) is 1.79. The van der Waals surface area contributed by atoms with Gasteiger partial charge in [-0.1, -0.05) is 0 Å². The van der Waals surface area contributed by atoms with Gasteiger partial charge in [0, 0.05) is 31.3 Å². The van der Waals surface area contributed by atoms with E-state index in [1.165, 1.54) is 0 Å². The van der Waals surface area contributed by atoms with Crippen LogP contribution < -0.4 is 10.6 Å². The van der Waals surface area contributed by atoms with Gasteiger partial charge in [0.05, 0.1) is 6.54 Å². The zero-order valence-electron chi connectivity index (χ0n) is 9.40. The second-order valence-corrected chi connectivity index (χ2v) is 3.40. The monoisotopic (exact) mass is 231 g/mol. The Morgan fingerprint density at radius 1 is 1.41 bits per heavy atom. The molecule has 1 amide bonds. The number of imidazole rings is 1. The molecule has 17 heavy (non-hydrogen) atoms. The third-order valence-electron chi connectivity index (χ3n) is 2.25. The Balaban J connectivity index is 1.99. The number of hydrogen-bond donors (Lipinski definition) is 3. The van der Waals surface area contributed by atoms with E-state index in [9.17, 15) is 4.79 Å². The number of carbonyl (C=O) groups is 1. The van der Waals surface area contributed by atoms with Crippen LogP contribution in [0.5, 0.6) is 0 Å². The topological polar surface area (TPSA) is 82.7 Å². The molecule has 0 aromatic carbocycles. The molecule has 0 saturated heterocycles. The van der Waals surface area contributed by atoms with E-state index in [0.717, 1.165) is 5.69 Å². The molecule has 2 aromatic rings. The number of pyridine rings is 1. The minimum absolute atomic E-state index is 0.224. The van der Waals surface area contributed by atoms with Crippen LogP contribution in [0.15, 0.2) is 30.7 Å². The summed E-state index contributed by atoms with van der Waals surface area (Å²) in [5.41, 5.74) is 1.23. The molecule has 0 radical (unpaired) electrons. The molecule has 2 heterocycles. The van der Waals surface area contributed by atoms with Gasteiger partial charge < -0.3 is 15.6 Å². The van der Waals surface area contributed by atoms with E-state index < -0.39 is 0 Å². The lowest BCUT2D eigenvalue weighted by Crippen LogP contribution is -2.24. The van der Waals surface area contributed by atoms with Crippen molar-refractivity contribution in [3.8, 4) is 0 Å². The molecule has 0 spiro atoms. The van der Waals surface area contributed by atoms with Gasteiger partial charge in [-0.3, -0.25) is 9.78 Å². The highest BCUT2D eigenvalue weighted by molar-refractivity contribution is 5.92. The highest BCUT2D eigenvalue weighted by Gasteiger charge is 2.07. The van der Waals surface area contributed by atoms with Crippen molar-refractivity contribution in [2.75, 3.05) is 12.4 Å². The minimum atomic E-state index is -0.224. The maximum atomic E-state index is 11.8. The van der Waals surface area contributed by atoms with Crippen LogP contribution in [-0.2, 0) is 6.54 Å². The molecule has 0 fully saturated rings. The van der Waals surface area contributed by atoms with Gasteiger partial charge in [-0.05, 0) is 12.1 Å². The summed E-state index contributed by atoms with van der Waals surface area (Å²) < 4.78 is 0. The number of anilines is 1. The summed E-state index contributed by atoms with van der Waals surface area (Å²) in [6.07, 6.45) is 4.94. The number of nitrogens with zero attached hydrogens (tertiary/aromatic N) is 2. The largest absolute Gasteiger partial charge is 0.388 e. The van der Waals surface area contributed by atoms with Crippen LogP contribution in [0.3, 0.4) is 0 Å². The second-order valence-electron chi connectivity index (χ2n) is 3.40. The summed E-state index contributed by atoms with van der Waals surface area (Å²) in [6, 6.07) is 3.49. The fourth-order valence-corrected chi connectivity index (χ4v) is 1.36. The number of amides is 1. The van der Waals surface area contributed by atoms with Crippen molar-refractivity contribution in [1.29, 1.82) is 0 Å².